The van der Waals surface area contributed by atoms with Gasteiger partial charge in [0.25, 0.3) is 11.8 Å². The number of carbonyl (C=O) groups excluding carboxylic acids is 2. The highest BCUT2D eigenvalue weighted by atomic mass is 16.6. The molecule has 0 N–H and O–H groups in total. The van der Waals surface area contributed by atoms with E-state index in [1.54, 1.807) is 11.8 Å². The molecular weight excluding hydrogens is 440 g/mol. The van der Waals surface area contributed by atoms with Crippen LogP contribution >= 0.6 is 0 Å². The molecule has 34 heavy (non-hydrogen) atoms. The Morgan fingerprint density at radius 3 is 2.68 bits per heavy atom. The predicted octanol–water partition coefficient (Wildman–Crippen LogP) is 4.39. The summed E-state index contributed by atoms with van der Waals surface area (Å²) in [6.45, 7) is 7.82. The van der Waals surface area contributed by atoms with E-state index in [1.165, 1.54) is 0 Å². The number of nitrogens with zero attached hydrogens (tertiary/aromatic N) is 4. The average molecular weight is 469 g/mol. The molecule has 3 heterocycles. The summed E-state index contributed by atoms with van der Waals surface area (Å²) in [6.07, 6.45) is 0.900. The van der Waals surface area contributed by atoms with Gasteiger partial charge in [0, 0.05) is 18.7 Å². The van der Waals surface area contributed by atoms with Crippen LogP contribution in [-0.2, 0) is 20.9 Å². The molecule has 1 saturated heterocycles. The summed E-state index contributed by atoms with van der Waals surface area (Å²) in [5.74, 6) is 0.0727. The summed E-state index contributed by atoms with van der Waals surface area (Å²) in [6, 6.07) is 9.53. The lowest BCUT2D eigenvalue weighted by Crippen LogP contribution is -2.45. The van der Waals surface area contributed by atoms with Crippen molar-refractivity contribution >= 4 is 12.1 Å². The summed E-state index contributed by atoms with van der Waals surface area (Å²) in [5, 5.41) is 12.2. The van der Waals surface area contributed by atoms with Gasteiger partial charge in [-0.05, 0) is 40.5 Å². The number of esters is 1. The molecule has 0 aliphatic carbocycles. The number of ether oxygens (including phenoxy) is 2. The highest BCUT2D eigenvalue weighted by molar-refractivity contribution is 5.77. The van der Waals surface area contributed by atoms with E-state index in [0.29, 0.717) is 36.4 Å². The number of carbonyl (C=O) groups is 2. The largest absolute Gasteiger partial charge is 0.455 e. The zero-order chi connectivity index (χ0) is 24.3. The second-order valence-corrected chi connectivity index (χ2v) is 9.20. The van der Waals surface area contributed by atoms with E-state index >= 15 is 0 Å². The van der Waals surface area contributed by atoms with Crippen molar-refractivity contribution in [2.75, 3.05) is 13.1 Å². The molecule has 1 unspecified atom stereocenters. The molecule has 0 radical (unpaired) electrons. The second-order valence-electron chi connectivity index (χ2n) is 9.20. The molecule has 0 bridgehead atoms. The summed E-state index contributed by atoms with van der Waals surface area (Å²) in [4.78, 5) is 26.5. The number of hydrogen-bond donors (Lipinski definition) is 0. The van der Waals surface area contributed by atoms with Gasteiger partial charge < -0.3 is 23.3 Å². The average Bonchev–Trinajstić information content (AvgIpc) is 3.43. The van der Waals surface area contributed by atoms with Gasteiger partial charge in [-0.3, -0.25) is 4.79 Å². The Morgan fingerprint density at radius 2 is 1.94 bits per heavy atom. The van der Waals surface area contributed by atoms with Gasteiger partial charge in [0.2, 0.25) is 0 Å². The van der Waals surface area contributed by atoms with Crippen LogP contribution in [0.2, 0.25) is 0 Å². The van der Waals surface area contributed by atoms with Crippen molar-refractivity contribution in [3.05, 3.63) is 42.0 Å². The van der Waals surface area contributed by atoms with Gasteiger partial charge in [0.15, 0.2) is 6.61 Å². The number of piperidine rings is 1. The van der Waals surface area contributed by atoms with Crippen LogP contribution in [-0.4, -0.2) is 51.0 Å². The Kier molecular flexibility index (Phi) is 6.67. The SMILES string of the molecule is Cc1onc(-c2ccccc2)c1-c1nnc(COC(=O)C2CCCN(C(=O)OC(C)(C)C)C2)o1. The van der Waals surface area contributed by atoms with Crippen LogP contribution < -0.4 is 0 Å². The van der Waals surface area contributed by atoms with Crippen LogP contribution in [0.3, 0.4) is 0 Å². The number of aryl methyl sites for hydroxylation is 1. The minimum absolute atomic E-state index is 0.155. The number of amides is 1. The third-order valence-electron chi connectivity index (χ3n) is 5.33. The number of hydrogen-bond acceptors (Lipinski definition) is 9. The van der Waals surface area contributed by atoms with Gasteiger partial charge in [-0.25, -0.2) is 4.79 Å². The minimum Gasteiger partial charge on any atom is -0.455 e. The first-order valence-corrected chi connectivity index (χ1v) is 11.2. The van der Waals surface area contributed by atoms with Crippen LogP contribution in [0.4, 0.5) is 4.79 Å². The fourth-order valence-electron chi connectivity index (χ4n) is 3.74. The van der Waals surface area contributed by atoms with Crippen molar-refractivity contribution < 1.29 is 28.0 Å². The minimum atomic E-state index is -0.594. The molecule has 10 nitrogen and oxygen atoms in total. The Labute approximate surface area is 197 Å². The van der Waals surface area contributed by atoms with Crippen molar-refractivity contribution in [2.45, 2.75) is 52.7 Å². The van der Waals surface area contributed by atoms with Crippen LogP contribution in [0, 0.1) is 12.8 Å². The van der Waals surface area contributed by atoms with Crippen molar-refractivity contribution in [1.29, 1.82) is 0 Å². The Hall–Kier alpha value is -3.69. The number of likely N-dealkylation sites (tertiary alicyclic amines) is 1. The highest BCUT2D eigenvalue weighted by Gasteiger charge is 2.32. The number of rotatable bonds is 5. The summed E-state index contributed by atoms with van der Waals surface area (Å²) >= 11 is 0. The van der Waals surface area contributed by atoms with E-state index in [9.17, 15) is 9.59 Å². The lowest BCUT2D eigenvalue weighted by molar-refractivity contribution is -0.152. The van der Waals surface area contributed by atoms with Crippen LogP contribution in [0.15, 0.2) is 39.3 Å². The fraction of sp³-hybridized carbons (Fsp3) is 0.458. The van der Waals surface area contributed by atoms with E-state index in [1.807, 2.05) is 51.1 Å². The predicted molar refractivity (Wildman–Crippen MR) is 120 cm³/mol. The molecule has 0 spiro atoms. The fourth-order valence-corrected chi connectivity index (χ4v) is 3.74. The van der Waals surface area contributed by atoms with E-state index in [-0.39, 0.29) is 24.9 Å². The molecule has 1 atom stereocenters. The van der Waals surface area contributed by atoms with Crippen molar-refractivity contribution in [2.24, 2.45) is 5.92 Å². The first-order valence-electron chi connectivity index (χ1n) is 11.2. The molecule has 0 saturated carbocycles. The molecule has 2 aromatic heterocycles. The maximum absolute atomic E-state index is 12.6. The first kappa shape index (κ1) is 23.5. The monoisotopic (exact) mass is 468 g/mol. The lowest BCUT2D eigenvalue weighted by Gasteiger charge is -2.33. The third-order valence-corrected chi connectivity index (χ3v) is 5.33. The Bertz CT molecular complexity index is 1150. The van der Waals surface area contributed by atoms with Crippen LogP contribution in [0.25, 0.3) is 22.7 Å². The molecule has 1 fully saturated rings. The number of aromatic nitrogens is 3. The molecule has 1 aliphatic rings. The van der Waals surface area contributed by atoms with Gasteiger partial charge in [0.05, 0.1) is 5.92 Å². The standard InChI is InChI=1S/C24H28N4O6/c1-15-19(20(27-34-15)16-9-6-5-7-10-16)21-26-25-18(32-21)14-31-22(29)17-11-8-12-28(13-17)23(30)33-24(2,3)4/h5-7,9-10,17H,8,11-14H2,1-4H3. The summed E-state index contributed by atoms with van der Waals surface area (Å²) < 4.78 is 21.9. The molecule has 4 rings (SSSR count). The third kappa shape index (κ3) is 5.44. The number of benzene rings is 1. The van der Waals surface area contributed by atoms with Crippen LogP contribution in [0.5, 0.6) is 0 Å². The molecule has 180 valence electrons. The topological polar surface area (TPSA) is 121 Å². The van der Waals surface area contributed by atoms with Crippen LogP contribution in [0.1, 0.15) is 45.3 Å². The van der Waals surface area contributed by atoms with Crippen molar-refractivity contribution in [3.63, 3.8) is 0 Å². The van der Waals surface area contributed by atoms with Gasteiger partial charge in [-0.15, -0.1) is 10.2 Å². The second kappa shape index (κ2) is 9.66. The molecule has 1 aromatic carbocycles. The molecule has 1 aliphatic heterocycles. The summed E-state index contributed by atoms with van der Waals surface area (Å²) in [7, 11) is 0. The normalized spacial score (nSPS) is 16.4. The van der Waals surface area contributed by atoms with Crippen molar-refractivity contribution in [1.82, 2.24) is 20.3 Å². The molecule has 10 heteroatoms. The first-order chi connectivity index (χ1) is 16.2. The van der Waals surface area contributed by atoms with E-state index in [2.05, 4.69) is 15.4 Å². The Balaban J connectivity index is 1.38. The van der Waals surface area contributed by atoms with E-state index < -0.39 is 23.6 Å². The molecular formula is C24H28N4O6. The van der Waals surface area contributed by atoms with Gasteiger partial charge in [-0.2, -0.15) is 0 Å². The van der Waals surface area contributed by atoms with E-state index in [0.717, 1.165) is 5.56 Å². The Morgan fingerprint density at radius 1 is 1.18 bits per heavy atom. The van der Waals surface area contributed by atoms with Gasteiger partial charge in [0.1, 0.15) is 22.6 Å². The zero-order valence-corrected chi connectivity index (χ0v) is 19.7. The zero-order valence-electron chi connectivity index (χ0n) is 19.7. The summed E-state index contributed by atoms with van der Waals surface area (Å²) in [5.41, 5.74) is 1.45. The maximum atomic E-state index is 12.6. The van der Waals surface area contributed by atoms with Crippen molar-refractivity contribution in [3.8, 4) is 22.7 Å². The molecule has 3 aromatic rings. The lowest BCUT2D eigenvalue weighted by atomic mass is 9.98. The quantitative estimate of drug-likeness (QED) is 0.502. The van der Waals surface area contributed by atoms with E-state index in [4.69, 9.17) is 18.4 Å². The highest BCUT2D eigenvalue weighted by Crippen LogP contribution is 2.33. The van der Waals surface area contributed by atoms with Gasteiger partial charge in [-0.1, -0.05) is 35.5 Å². The maximum Gasteiger partial charge on any atom is 0.410 e. The smallest absolute Gasteiger partial charge is 0.410 e. The van der Waals surface area contributed by atoms with Gasteiger partial charge >= 0.3 is 12.1 Å². The molecule has 1 amide bonds.